The number of nitrogens with one attached hydrogen (secondary N) is 2. The highest BCUT2D eigenvalue weighted by molar-refractivity contribution is 7.92. The van der Waals surface area contributed by atoms with E-state index in [1.54, 1.807) is 30.3 Å². The molecule has 0 heterocycles. The van der Waals surface area contributed by atoms with Gasteiger partial charge in [-0.25, -0.2) is 8.42 Å². The van der Waals surface area contributed by atoms with Crippen LogP contribution in [0.3, 0.4) is 0 Å². The predicted molar refractivity (Wildman–Crippen MR) is 163 cm³/mol. The Balaban J connectivity index is 1.64. The number of ether oxygens (including phenoxy) is 1. The lowest BCUT2D eigenvalue weighted by molar-refractivity contribution is -0.116. The topological polar surface area (TPSA) is 84.5 Å². The lowest BCUT2D eigenvalue weighted by Gasteiger charge is -2.17. The molecule has 0 radical (unpaired) electrons. The minimum absolute atomic E-state index is 0.0348. The number of hydrogen-bond acceptors (Lipinski definition) is 4. The molecule has 39 heavy (non-hydrogen) atoms. The first-order chi connectivity index (χ1) is 18.9. The van der Waals surface area contributed by atoms with Gasteiger partial charge in [0.1, 0.15) is 5.75 Å². The zero-order valence-corrected chi connectivity index (χ0v) is 25.2. The van der Waals surface area contributed by atoms with Gasteiger partial charge in [-0.3, -0.25) is 9.52 Å². The first kappa shape index (κ1) is 32.7. The molecule has 0 aliphatic carbocycles. The van der Waals surface area contributed by atoms with Crippen molar-refractivity contribution >= 4 is 27.3 Å². The van der Waals surface area contributed by atoms with E-state index in [1.807, 2.05) is 6.92 Å². The second-order valence-corrected chi connectivity index (χ2v) is 12.2. The van der Waals surface area contributed by atoms with Gasteiger partial charge in [-0.15, -0.1) is 0 Å². The van der Waals surface area contributed by atoms with Crippen LogP contribution in [0.5, 0.6) is 5.75 Å². The fraction of sp³-hybridized carbons (Fsp3) is 0.594. The Kier molecular flexibility index (Phi) is 15.7. The molecule has 0 fully saturated rings. The maximum absolute atomic E-state index is 12.7. The van der Waals surface area contributed by atoms with Crippen LogP contribution in [-0.4, -0.2) is 21.4 Å². The van der Waals surface area contributed by atoms with E-state index in [2.05, 4.69) is 17.0 Å². The monoisotopic (exact) mass is 558 g/mol. The van der Waals surface area contributed by atoms with Crippen molar-refractivity contribution in [1.29, 1.82) is 0 Å². The van der Waals surface area contributed by atoms with Gasteiger partial charge in [0.25, 0.3) is 10.0 Å². The summed E-state index contributed by atoms with van der Waals surface area (Å²) in [7, 11) is -2.26. The zero-order valence-electron chi connectivity index (χ0n) is 24.4. The molecular weight excluding hydrogens is 508 g/mol. The van der Waals surface area contributed by atoms with Crippen LogP contribution in [0.25, 0.3) is 0 Å². The summed E-state index contributed by atoms with van der Waals surface area (Å²) >= 11 is 0. The second-order valence-electron chi connectivity index (χ2n) is 10.5. The SMILES string of the molecule is CCCCCCCCCCCCCCCCCC(=O)Nc1ccc(NS(=O)(=O)c2ccccc2)c(OC)c1C. The number of carbonyl (C=O) groups excluding carboxylic acids is 1. The third-order valence-corrected chi connectivity index (χ3v) is 8.57. The number of unbranched alkanes of at least 4 members (excludes halogenated alkanes) is 14. The molecule has 0 bridgehead atoms. The Bertz CT molecular complexity index is 1070. The summed E-state index contributed by atoms with van der Waals surface area (Å²) in [6.45, 7) is 4.07. The minimum atomic E-state index is -3.75. The Hall–Kier alpha value is -2.54. The van der Waals surface area contributed by atoms with Crippen molar-refractivity contribution in [1.82, 2.24) is 0 Å². The van der Waals surface area contributed by atoms with Crippen LogP contribution < -0.4 is 14.8 Å². The summed E-state index contributed by atoms with van der Waals surface area (Å²) in [5.41, 5.74) is 1.63. The molecule has 2 rings (SSSR count). The van der Waals surface area contributed by atoms with Gasteiger partial charge >= 0.3 is 0 Å². The van der Waals surface area contributed by atoms with E-state index in [0.717, 1.165) is 12.8 Å². The lowest BCUT2D eigenvalue weighted by atomic mass is 10.0. The number of hydrogen-bond donors (Lipinski definition) is 2. The second kappa shape index (κ2) is 18.7. The van der Waals surface area contributed by atoms with Crippen molar-refractivity contribution in [2.75, 3.05) is 17.1 Å². The highest BCUT2D eigenvalue weighted by Crippen LogP contribution is 2.35. The first-order valence-corrected chi connectivity index (χ1v) is 16.4. The molecule has 2 aromatic carbocycles. The van der Waals surface area contributed by atoms with Crippen molar-refractivity contribution in [3.8, 4) is 5.75 Å². The molecule has 6 nitrogen and oxygen atoms in total. The van der Waals surface area contributed by atoms with E-state index >= 15 is 0 Å². The number of benzene rings is 2. The molecule has 0 spiro atoms. The molecule has 0 saturated carbocycles. The maximum atomic E-state index is 12.7. The molecule has 0 unspecified atom stereocenters. The highest BCUT2D eigenvalue weighted by atomic mass is 32.2. The van der Waals surface area contributed by atoms with Crippen LogP contribution in [0.2, 0.25) is 0 Å². The number of sulfonamides is 1. The van der Waals surface area contributed by atoms with Crippen LogP contribution in [-0.2, 0) is 14.8 Å². The molecule has 2 aromatic rings. The van der Waals surface area contributed by atoms with E-state index in [0.29, 0.717) is 29.1 Å². The maximum Gasteiger partial charge on any atom is 0.262 e. The standard InChI is InChI=1S/C32H50N2O4S/c1-4-5-6-7-8-9-10-11-12-13-14-15-16-17-21-24-31(35)33-29-25-26-30(32(38-3)27(29)2)34-39(36,37)28-22-19-18-20-23-28/h18-20,22-23,25-26,34H,4-17,21,24H2,1-3H3,(H,33,35). The van der Waals surface area contributed by atoms with E-state index in [-0.39, 0.29) is 10.8 Å². The van der Waals surface area contributed by atoms with Crippen molar-refractivity contribution in [2.45, 2.75) is 121 Å². The zero-order chi connectivity index (χ0) is 28.3. The van der Waals surface area contributed by atoms with Crippen LogP contribution >= 0.6 is 0 Å². The van der Waals surface area contributed by atoms with Gasteiger partial charge in [0.15, 0.2) is 0 Å². The third kappa shape index (κ3) is 12.5. The summed E-state index contributed by atoms with van der Waals surface area (Å²) in [5, 5.41) is 2.96. The Labute approximate surface area is 237 Å². The Morgan fingerprint density at radius 2 is 1.21 bits per heavy atom. The molecular formula is C32H50N2O4S. The van der Waals surface area contributed by atoms with Crippen molar-refractivity contribution < 1.29 is 17.9 Å². The van der Waals surface area contributed by atoms with Crippen molar-refractivity contribution in [3.05, 3.63) is 48.0 Å². The summed E-state index contributed by atoms with van der Waals surface area (Å²) in [6, 6.07) is 11.5. The summed E-state index contributed by atoms with van der Waals surface area (Å²) < 4.78 is 33.5. The predicted octanol–water partition coefficient (Wildman–Crippen LogP) is 9.00. The molecule has 0 saturated heterocycles. The van der Waals surface area contributed by atoms with Gasteiger partial charge in [0.05, 0.1) is 17.7 Å². The molecule has 2 N–H and O–H groups in total. The van der Waals surface area contributed by atoms with Crippen molar-refractivity contribution in [3.63, 3.8) is 0 Å². The fourth-order valence-corrected chi connectivity index (χ4v) is 5.93. The first-order valence-electron chi connectivity index (χ1n) is 14.9. The normalized spacial score (nSPS) is 11.4. The number of amides is 1. The summed E-state index contributed by atoms with van der Waals surface area (Å²) in [4.78, 5) is 12.7. The smallest absolute Gasteiger partial charge is 0.262 e. The van der Waals surface area contributed by atoms with Gasteiger partial charge < -0.3 is 10.1 Å². The van der Waals surface area contributed by atoms with E-state index < -0.39 is 10.0 Å². The van der Waals surface area contributed by atoms with Crippen LogP contribution in [0, 0.1) is 6.92 Å². The Morgan fingerprint density at radius 3 is 1.72 bits per heavy atom. The Morgan fingerprint density at radius 1 is 0.718 bits per heavy atom. The average Bonchev–Trinajstić information content (AvgIpc) is 2.93. The van der Waals surface area contributed by atoms with Crippen LogP contribution in [0.1, 0.15) is 115 Å². The molecule has 1 amide bonds. The summed E-state index contributed by atoms with van der Waals surface area (Å²) in [5.74, 6) is 0.353. The van der Waals surface area contributed by atoms with Crippen LogP contribution in [0.15, 0.2) is 47.4 Å². The quantitative estimate of drug-likeness (QED) is 0.150. The third-order valence-electron chi connectivity index (χ3n) is 7.19. The molecule has 7 heteroatoms. The molecule has 0 atom stereocenters. The largest absolute Gasteiger partial charge is 0.494 e. The molecule has 0 aliphatic heterocycles. The van der Waals surface area contributed by atoms with Gasteiger partial charge in [-0.1, -0.05) is 115 Å². The van der Waals surface area contributed by atoms with Crippen molar-refractivity contribution in [2.24, 2.45) is 0 Å². The van der Waals surface area contributed by atoms with Gasteiger partial charge in [-0.05, 0) is 37.6 Å². The molecule has 0 aliphatic rings. The lowest BCUT2D eigenvalue weighted by Crippen LogP contribution is -2.15. The number of rotatable bonds is 21. The highest BCUT2D eigenvalue weighted by Gasteiger charge is 2.19. The van der Waals surface area contributed by atoms with E-state index in [1.165, 1.54) is 103 Å². The fourth-order valence-electron chi connectivity index (χ4n) is 4.84. The van der Waals surface area contributed by atoms with Gasteiger partial charge in [0.2, 0.25) is 5.91 Å². The number of methoxy groups -OCH3 is 1. The van der Waals surface area contributed by atoms with Gasteiger partial charge in [-0.2, -0.15) is 0 Å². The average molecular weight is 559 g/mol. The number of carbonyl (C=O) groups is 1. The minimum Gasteiger partial charge on any atom is -0.494 e. The van der Waals surface area contributed by atoms with Crippen LogP contribution in [0.4, 0.5) is 11.4 Å². The van der Waals surface area contributed by atoms with E-state index in [9.17, 15) is 13.2 Å². The number of anilines is 2. The van der Waals surface area contributed by atoms with Gasteiger partial charge in [0, 0.05) is 17.7 Å². The summed E-state index contributed by atoms with van der Waals surface area (Å²) in [6.07, 6.45) is 19.9. The molecule has 0 aromatic heterocycles. The molecule has 218 valence electrons. The van der Waals surface area contributed by atoms with E-state index in [4.69, 9.17) is 4.74 Å².